The van der Waals surface area contributed by atoms with Gasteiger partial charge in [0.2, 0.25) is 0 Å². The Morgan fingerprint density at radius 1 is 0.652 bits per heavy atom. The largest absolute Gasteiger partial charge is 0.315 e. The molecular formula is C20H47N3. The monoisotopic (exact) mass is 329 g/mol. The van der Waals surface area contributed by atoms with Crippen molar-refractivity contribution in [1.82, 2.24) is 15.1 Å². The second-order valence-electron chi connectivity index (χ2n) is 7.04. The molecule has 3 nitrogen and oxygen atoms in total. The van der Waals surface area contributed by atoms with Crippen LogP contribution in [0.5, 0.6) is 0 Å². The maximum absolute atomic E-state index is 3.48. The number of hydrogen-bond donors (Lipinski definition) is 1. The van der Waals surface area contributed by atoms with Crippen LogP contribution in [0.4, 0.5) is 0 Å². The fourth-order valence-electron chi connectivity index (χ4n) is 2.53. The van der Waals surface area contributed by atoms with Gasteiger partial charge in [0, 0.05) is 6.04 Å². The number of nitrogens with one attached hydrogen (secondary N) is 1. The van der Waals surface area contributed by atoms with Crippen molar-refractivity contribution in [2.24, 2.45) is 0 Å². The second-order valence-corrected chi connectivity index (χ2v) is 7.04. The summed E-state index contributed by atoms with van der Waals surface area (Å²) in [5.74, 6) is 0. The van der Waals surface area contributed by atoms with Crippen molar-refractivity contribution in [2.75, 3.05) is 47.3 Å². The molecular weight excluding hydrogens is 282 g/mol. The van der Waals surface area contributed by atoms with Crippen molar-refractivity contribution < 1.29 is 0 Å². The molecule has 0 aromatic carbocycles. The first-order chi connectivity index (χ1) is 11.0. The highest BCUT2D eigenvalue weighted by atomic mass is 15.1. The van der Waals surface area contributed by atoms with Crippen LogP contribution in [0.1, 0.15) is 79.1 Å². The van der Waals surface area contributed by atoms with Crippen molar-refractivity contribution in [1.29, 1.82) is 0 Å². The van der Waals surface area contributed by atoms with Gasteiger partial charge in [0.05, 0.1) is 0 Å². The fourth-order valence-corrected chi connectivity index (χ4v) is 2.53. The van der Waals surface area contributed by atoms with Crippen LogP contribution in [0.15, 0.2) is 0 Å². The lowest BCUT2D eigenvalue weighted by molar-refractivity contribution is 0.312. The summed E-state index contributed by atoms with van der Waals surface area (Å²) in [5, 5.41) is 3.48. The van der Waals surface area contributed by atoms with Crippen LogP contribution in [0.25, 0.3) is 0 Å². The molecule has 0 heterocycles. The van der Waals surface area contributed by atoms with Gasteiger partial charge in [-0.2, -0.15) is 0 Å². The highest BCUT2D eigenvalue weighted by molar-refractivity contribution is 4.56. The highest BCUT2D eigenvalue weighted by Crippen LogP contribution is 2.04. The summed E-state index contributed by atoms with van der Waals surface area (Å²) in [6.07, 6.45) is 10.9. The molecule has 0 bridgehead atoms. The van der Waals surface area contributed by atoms with Crippen molar-refractivity contribution in [3.05, 3.63) is 0 Å². The number of nitrogens with zero attached hydrogens (tertiary/aromatic N) is 2. The van der Waals surface area contributed by atoms with E-state index in [0.717, 1.165) is 0 Å². The molecule has 23 heavy (non-hydrogen) atoms. The van der Waals surface area contributed by atoms with E-state index >= 15 is 0 Å². The topological polar surface area (TPSA) is 18.5 Å². The lowest BCUT2D eigenvalue weighted by Crippen LogP contribution is -2.23. The molecule has 0 aliphatic rings. The first-order valence-electron chi connectivity index (χ1n) is 10.1. The van der Waals surface area contributed by atoms with Crippen molar-refractivity contribution in [3.63, 3.8) is 0 Å². The Hall–Kier alpha value is -0.120. The zero-order chi connectivity index (χ0) is 17.9. The molecule has 0 aliphatic heterocycles. The van der Waals surface area contributed by atoms with Crippen LogP contribution in [-0.4, -0.2) is 63.2 Å². The quantitative estimate of drug-likeness (QED) is 0.442. The molecule has 0 radical (unpaired) electrons. The molecule has 0 amide bonds. The van der Waals surface area contributed by atoms with E-state index in [-0.39, 0.29) is 0 Å². The lowest BCUT2D eigenvalue weighted by atomic mass is 10.1. The zero-order valence-electron chi connectivity index (χ0n) is 17.5. The minimum absolute atomic E-state index is 0.633. The summed E-state index contributed by atoms with van der Waals surface area (Å²) in [7, 11) is 6.60. The Bertz CT molecular complexity index is 205. The van der Waals surface area contributed by atoms with Gasteiger partial charge in [0.25, 0.3) is 0 Å². The van der Waals surface area contributed by atoms with Crippen LogP contribution in [0.3, 0.4) is 0 Å². The fraction of sp³-hybridized carbons (Fsp3) is 1.00. The van der Waals surface area contributed by atoms with E-state index < -0.39 is 0 Å². The van der Waals surface area contributed by atoms with E-state index in [1.54, 1.807) is 0 Å². The molecule has 142 valence electrons. The van der Waals surface area contributed by atoms with Crippen LogP contribution in [-0.2, 0) is 0 Å². The molecule has 1 N–H and O–H groups in total. The second kappa shape index (κ2) is 19.9. The Kier molecular flexibility index (Phi) is 21.8. The standard InChI is InChI=1S/C18H41N3.C2H6/c1-18(2)19-14-10-6-7-12-16-21(5)17-13-9-8-11-15-20(3)4;1-2/h18-19H,6-17H2,1-5H3;1-2H3. The van der Waals surface area contributed by atoms with Crippen LogP contribution in [0, 0.1) is 0 Å². The van der Waals surface area contributed by atoms with Gasteiger partial charge in [-0.05, 0) is 73.0 Å². The minimum atomic E-state index is 0.633. The Morgan fingerprint density at radius 3 is 1.52 bits per heavy atom. The Balaban J connectivity index is 0. The Labute approximate surface area is 148 Å². The van der Waals surface area contributed by atoms with Gasteiger partial charge < -0.3 is 15.1 Å². The normalized spacial score (nSPS) is 11.2. The maximum atomic E-state index is 3.48. The molecule has 0 fully saturated rings. The molecule has 0 saturated carbocycles. The summed E-state index contributed by atoms with van der Waals surface area (Å²) in [4.78, 5) is 4.79. The smallest absolute Gasteiger partial charge is 0.00103 e. The van der Waals surface area contributed by atoms with E-state index in [9.17, 15) is 0 Å². The molecule has 0 rings (SSSR count). The van der Waals surface area contributed by atoms with Crippen molar-refractivity contribution >= 4 is 0 Å². The van der Waals surface area contributed by atoms with Crippen LogP contribution in [0.2, 0.25) is 0 Å². The van der Waals surface area contributed by atoms with Gasteiger partial charge in [0.15, 0.2) is 0 Å². The molecule has 0 atom stereocenters. The van der Waals surface area contributed by atoms with Gasteiger partial charge in [-0.3, -0.25) is 0 Å². The van der Waals surface area contributed by atoms with E-state index in [1.165, 1.54) is 77.5 Å². The highest BCUT2D eigenvalue weighted by Gasteiger charge is 1.99. The molecule has 0 aliphatic carbocycles. The zero-order valence-corrected chi connectivity index (χ0v) is 17.5. The summed E-state index contributed by atoms with van der Waals surface area (Å²) in [6, 6.07) is 0.633. The van der Waals surface area contributed by atoms with E-state index in [0.29, 0.717) is 6.04 Å². The van der Waals surface area contributed by atoms with Gasteiger partial charge in [-0.1, -0.05) is 53.4 Å². The molecule has 0 unspecified atom stereocenters. The molecule has 0 aromatic heterocycles. The van der Waals surface area contributed by atoms with Crippen molar-refractivity contribution in [3.8, 4) is 0 Å². The van der Waals surface area contributed by atoms with E-state index in [4.69, 9.17) is 0 Å². The minimum Gasteiger partial charge on any atom is -0.315 e. The number of hydrogen-bond acceptors (Lipinski definition) is 3. The number of unbranched alkanes of at least 4 members (excludes halogenated alkanes) is 6. The summed E-state index contributed by atoms with van der Waals surface area (Å²) in [6.45, 7) is 13.4. The number of rotatable bonds is 15. The maximum Gasteiger partial charge on any atom is 0.00103 e. The third-order valence-corrected chi connectivity index (χ3v) is 3.91. The predicted octanol–water partition coefficient (Wildman–Crippen LogP) is 4.62. The van der Waals surface area contributed by atoms with E-state index in [2.05, 4.69) is 50.1 Å². The van der Waals surface area contributed by atoms with Crippen LogP contribution < -0.4 is 5.32 Å². The lowest BCUT2D eigenvalue weighted by Gasteiger charge is -2.16. The third-order valence-electron chi connectivity index (χ3n) is 3.91. The summed E-state index contributed by atoms with van der Waals surface area (Å²) in [5.41, 5.74) is 0. The summed E-state index contributed by atoms with van der Waals surface area (Å²) < 4.78 is 0. The van der Waals surface area contributed by atoms with Gasteiger partial charge in [0.1, 0.15) is 0 Å². The molecule has 3 heteroatoms. The van der Waals surface area contributed by atoms with Gasteiger partial charge >= 0.3 is 0 Å². The average Bonchev–Trinajstić information content (AvgIpc) is 2.51. The van der Waals surface area contributed by atoms with Gasteiger partial charge in [-0.25, -0.2) is 0 Å². The summed E-state index contributed by atoms with van der Waals surface area (Å²) >= 11 is 0. The molecule has 0 spiro atoms. The SMILES string of the molecule is CC.CC(C)NCCCCCCN(C)CCCCCCN(C)C. The first kappa shape index (κ1) is 25.1. The van der Waals surface area contributed by atoms with Gasteiger partial charge in [-0.15, -0.1) is 0 Å². The van der Waals surface area contributed by atoms with Crippen LogP contribution >= 0.6 is 0 Å². The Morgan fingerprint density at radius 2 is 1.09 bits per heavy atom. The predicted molar refractivity (Wildman–Crippen MR) is 107 cm³/mol. The molecule has 0 aromatic rings. The third kappa shape index (κ3) is 24.3. The average molecular weight is 330 g/mol. The van der Waals surface area contributed by atoms with E-state index in [1.807, 2.05) is 13.8 Å². The first-order valence-corrected chi connectivity index (χ1v) is 10.1. The van der Waals surface area contributed by atoms with Crippen molar-refractivity contribution in [2.45, 2.75) is 85.1 Å². The molecule has 0 saturated heterocycles.